The highest BCUT2D eigenvalue weighted by Gasteiger charge is 2.23. The summed E-state index contributed by atoms with van der Waals surface area (Å²) in [6.07, 6.45) is 1.56. The summed E-state index contributed by atoms with van der Waals surface area (Å²) in [5, 5.41) is 3.48. The van der Waals surface area contributed by atoms with Crippen LogP contribution in [0.15, 0.2) is 22.8 Å². The zero-order valence-corrected chi connectivity index (χ0v) is 15.1. The maximum Gasteiger partial charge on any atom is 0.328 e. The molecule has 0 saturated heterocycles. The van der Waals surface area contributed by atoms with Gasteiger partial charge in [-0.15, -0.1) is 11.3 Å². The molecule has 1 amide bonds. The smallest absolute Gasteiger partial charge is 0.328 e. The largest absolute Gasteiger partial charge is 0.467 e. The van der Waals surface area contributed by atoms with Crippen LogP contribution < -0.4 is 5.32 Å². The van der Waals surface area contributed by atoms with Crippen LogP contribution in [0.2, 0.25) is 0 Å². The highest BCUT2D eigenvalue weighted by Crippen LogP contribution is 2.33. The van der Waals surface area contributed by atoms with E-state index in [9.17, 15) is 9.59 Å². The second kappa shape index (κ2) is 6.64. The number of thiophene rings is 1. The Morgan fingerprint density at radius 1 is 1.32 bits per heavy atom. The molecule has 0 aliphatic rings. The quantitative estimate of drug-likeness (QED) is 0.720. The minimum Gasteiger partial charge on any atom is -0.467 e. The van der Waals surface area contributed by atoms with Gasteiger partial charge in [0.2, 0.25) is 0 Å². The first kappa shape index (κ1) is 17.1. The Hall–Kier alpha value is -2.74. The number of carbonyl (C=O) groups excluding carboxylic acids is 2. The van der Waals surface area contributed by atoms with Crippen molar-refractivity contribution in [2.45, 2.75) is 26.8 Å². The third-order valence-corrected chi connectivity index (χ3v) is 5.01. The molecule has 3 aromatic heterocycles. The van der Waals surface area contributed by atoms with Gasteiger partial charge in [0.25, 0.3) is 5.91 Å². The number of hydrogen-bond donors (Lipinski definition) is 1. The summed E-state index contributed by atoms with van der Waals surface area (Å²) in [6, 6.07) is 2.82. The first-order valence-corrected chi connectivity index (χ1v) is 8.44. The topological polar surface area (TPSA) is 94.3 Å². The number of hydrogen-bond acceptors (Lipinski definition) is 7. The van der Waals surface area contributed by atoms with E-state index in [-0.39, 0.29) is 5.91 Å². The lowest BCUT2D eigenvalue weighted by molar-refractivity contribution is -0.142. The molecular weight excluding hydrogens is 342 g/mol. The van der Waals surface area contributed by atoms with E-state index in [2.05, 4.69) is 20.0 Å². The first-order chi connectivity index (χ1) is 11.9. The third-order valence-electron chi connectivity index (χ3n) is 3.82. The minimum absolute atomic E-state index is 0.336. The highest BCUT2D eigenvalue weighted by atomic mass is 32.1. The Balaban J connectivity index is 2.00. The lowest BCUT2D eigenvalue weighted by Gasteiger charge is -2.10. The van der Waals surface area contributed by atoms with Crippen molar-refractivity contribution >= 4 is 33.4 Å². The van der Waals surface area contributed by atoms with Crippen molar-refractivity contribution < 1.29 is 18.7 Å². The maximum atomic E-state index is 12.5. The molecule has 1 atom stereocenters. The number of esters is 1. The molecule has 0 bridgehead atoms. The van der Waals surface area contributed by atoms with E-state index in [0.29, 0.717) is 21.3 Å². The molecule has 0 spiro atoms. The van der Waals surface area contributed by atoms with Crippen molar-refractivity contribution in [1.82, 2.24) is 15.3 Å². The van der Waals surface area contributed by atoms with Gasteiger partial charge < -0.3 is 14.5 Å². The van der Waals surface area contributed by atoms with Crippen molar-refractivity contribution in [2.75, 3.05) is 7.11 Å². The summed E-state index contributed by atoms with van der Waals surface area (Å²) in [5.74, 6) is 0.216. The number of nitrogens with zero attached hydrogens (tertiary/aromatic N) is 2. The Morgan fingerprint density at radius 2 is 2.08 bits per heavy atom. The molecule has 130 valence electrons. The summed E-state index contributed by atoms with van der Waals surface area (Å²) in [5.41, 5.74) is 1.56. The van der Waals surface area contributed by atoms with Crippen molar-refractivity contribution in [1.29, 1.82) is 0 Å². The van der Waals surface area contributed by atoms with E-state index in [1.54, 1.807) is 25.3 Å². The van der Waals surface area contributed by atoms with Gasteiger partial charge in [0, 0.05) is 5.39 Å². The fourth-order valence-corrected chi connectivity index (χ4v) is 3.70. The highest BCUT2D eigenvalue weighted by molar-refractivity contribution is 7.20. The second-order valence-electron chi connectivity index (χ2n) is 5.56. The Kier molecular flexibility index (Phi) is 4.54. The molecule has 1 N–H and O–H groups in total. The number of amides is 1. The van der Waals surface area contributed by atoms with Crippen molar-refractivity contribution in [3.05, 3.63) is 34.5 Å². The van der Waals surface area contributed by atoms with Crippen LogP contribution >= 0.6 is 11.3 Å². The monoisotopic (exact) mass is 359 g/mol. The van der Waals surface area contributed by atoms with Crippen LogP contribution in [0, 0.1) is 13.8 Å². The minimum atomic E-state index is -0.729. The fourth-order valence-electron chi connectivity index (χ4n) is 2.57. The number of carbonyl (C=O) groups is 2. The van der Waals surface area contributed by atoms with E-state index >= 15 is 0 Å². The maximum absolute atomic E-state index is 12.5. The Labute approximate surface area is 148 Å². The SMILES string of the molecule is COC(=O)[C@@H](C)NC(=O)c1sc2nc(-c3ccco3)nc(C)c2c1C. The van der Waals surface area contributed by atoms with Crippen LogP contribution in [0.5, 0.6) is 0 Å². The third kappa shape index (κ3) is 3.12. The van der Waals surface area contributed by atoms with E-state index in [0.717, 1.165) is 16.6 Å². The van der Waals surface area contributed by atoms with Gasteiger partial charge in [-0.25, -0.2) is 14.8 Å². The van der Waals surface area contributed by atoms with Gasteiger partial charge >= 0.3 is 5.97 Å². The fraction of sp³-hybridized carbons (Fsp3) is 0.294. The van der Waals surface area contributed by atoms with E-state index in [4.69, 9.17) is 4.42 Å². The predicted molar refractivity (Wildman–Crippen MR) is 93.5 cm³/mol. The van der Waals surface area contributed by atoms with Gasteiger partial charge in [0.1, 0.15) is 10.9 Å². The van der Waals surface area contributed by atoms with Gasteiger partial charge in [0.15, 0.2) is 11.6 Å². The van der Waals surface area contributed by atoms with Crippen molar-refractivity contribution in [3.8, 4) is 11.6 Å². The summed E-state index contributed by atoms with van der Waals surface area (Å²) in [7, 11) is 1.28. The molecular formula is C17H17N3O4S. The first-order valence-electron chi connectivity index (χ1n) is 7.62. The van der Waals surface area contributed by atoms with E-state index in [1.165, 1.54) is 18.4 Å². The lowest BCUT2D eigenvalue weighted by Crippen LogP contribution is -2.39. The molecule has 7 nitrogen and oxygen atoms in total. The number of rotatable bonds is 4. The summed E-state index contributed by atoms with van der Waals surface area (Å²) < 4.78 is 9.98. The normalized spacial score (nSPS) is 12.2. The van der Waals surface area contributed by atoms with Gasteiger partial charge in [0.05, 0.1) is 23.9 Å². The van der Waals surface area contributed by atoms with Gasteiger partial charge in [-0.1, -0.05) is 0 Å². The van der Waals surface area contributed by atoms with Crippen molar-refractivity contribution in [2.24, 2.45) is 0 Å². The summed E-state index contributed by atoms with van der Waals surface area (Å²) >= 11 is 1.26. The Morgan fingerprint density at radius 3 is 2.72 bits per heavy atom. The molecule has 3 heterocycles. The number of aromatic nitrogens is 2. The van der Waals surface area contributed by atoms with Gasteiger partial charge in [-0.3, -0.25) is 4.79 Å². The van der Waals surface area contributed by atoms with Crippen LogP contribution in [0.4, 0.5) is 0 Å². The van der Waals surface area contributed by atoms with Crippen LogP contribution in [-0.4, -0.2) is 35.0 Å². The number of furan rings is 1. The molecule has 0 unspecified atom stereocenters. The average Bonchev–Trinajstić information content (AvgIpc) is 3.22. The number of fused-ring (bicyclic) bond motifs is 1. The zero-order chi connectivity index (χ0) is 18.1. The summed E-state index contributed by atoms with van der Waals surface area (Å²) in [6.45, 7) is 5.29. The number of ether oxygens (including phenoxy) is 1. The second-order valence-corrected chi connectivity index (χ2v) is 6.56. The molecule has 0 saturated carbocycles. The number of methoxy groups -OCH3 is 1. The van der Waals surface area contributed by atoms with Crippen LogP contribution in [0.3, 0.4) is 0 Å². The zero-order valence-electron chi connectivity index (χ0n) is 14.2. The summed E-state index contributed by atoms with van der Waals surface area (Å²) in [4.78, 5) is 34.2. The lowest BCUT2D eigenvalue weighted by atomic mass is 10.1. The molecule has 3 rings (SSSR count). The number of aryl methyl sites for hydroxylation is 2. The van der Waals surface area contributed by atoms with Crippen LogP contribution in [0.1, 0.15) is 27.9 Å². The average molecular weight is 359 g/mol. The van der Waals surface area contributed by atoms with E-state index in [1.807, 2.05) is 13.8 Å². The van der Waals surface area contributed by atoms with Gasteiger partial charge in [-0.05, 0) is 38.5 Å². The molecule has 0 aliphatic heterocycles. The Bertz CT molecular complexity index is 947. The predicted octanol–water partition coefficient (Wildman–Crippen LogP) is 2.86. The van der Waals surface area contributed by atoms with Crippen LogP contribution in [-0.2, 0) is 9.53 Å². The van der Waals surface area contributed by atoms with E-state index < -0.39 is 12.0 Å². The van der Waals surface area contributed by atoms with Gasteiger partial charge in [-0.2, -0.15) is 0 Å². The van der Waals surface area contributed by atoms with Crippen molar-refractivity contribution in [3.63, 3.8) is 0 Å². The number of nitrogens with one attached hydrogen (secondary N) is 1. The molecule has 0 fully saturated rings. The molecule has 0 radical (unpaired) electrons. The molecule has 25 heavy (non-hydrogen) atoms. The molecule has 0 aromatic carbocycles. The standard InChI is InChI=1S/C17H17N3O4S/c1-8-12-9(2)18-14(11-6-5-7-24-11)20-16(12)25-13(8)15(21)19-10(3)17(22)23-4/h5-7,10H,1-4H3,(H,19,21)/t10-/m1/s1. The molecule has 8 heteroatoms. The molecule has 3 aromatic rings. The molecule has 0 aliphatic carbocycles. The van der Waals surface area contributed by atoms with Crippen LogP contribution in [0.25, 0.3) is 21.8 Å².